The number of fused-ring (bicyclic) bond motifs is 1. The lowest BCUT2D eigenvalue weighted by molar-refractivity contribution is -0.297. The summed E-state index contributed by atoms with van der Waals surface area (Å²) in [4.78, 5) is 4.56. The van der Waals surface area contributed by atoms with E-state index in [9.17, 15) is 15.3 Å². The largest absolute Gasteiger partial charge is 0.392 e. The molecule has 0 spiro atoms. The highest BCUT2D eigenvalue weighted by molar-refractivity contribution is 5.27. The average Bonchev–Trinajstić information content (AvgIpc) is 2.87. The minimum atomic E-state index is -0.811. The van der Waals surface area contributed by atoms with Crippen molar-refractivity contribution in [3.8, 4) is 0 Å². The van der Waals surface area contributed by atoms with E-state index in [1.807, 2.05) is 32.9 Å². The number of rotatable bonds is 7. The lowest BCUT2D eigenvalue weighted by Crippen LogP contribution is -2.56. The third-order valence-electron chi connectivity index (χ3n) is 10.1. The maximum atomic E-state index is 11.6. The molecule has 6 nitrogen and oxygen atoms in total. The quantitative estimate of drug-likeness (QED) is 0.193. The summed E-state index contributed by atoms with van der Waals surface area (Å²) in [6, 6.07) is 0. The van der Waals surface area contributed by atoms with E-state index in [-0.39, 0.29) is 17.4 Å². The molecule has 0 bridgehead atoms. The Hall–Kier alpha value is -0.760. The van der Waals surface area contributed by atoms with E-state index in [0.717, 1.165) is 38.5 Å². The SMILES string of the molecule is CC1=C(CC[C@H]2[C@]3(C)CC[C@H](O)C(C)(C)O[C@H]3CC[C@@]2(C)O)[C@](C)(C/C=C\C(C)(C)OO)[C@H](O)CC1. The highest BCUT2D eigenvalue weighted by Gasteiger charge is 2.56. The molecule has 7 atom stereocenters. The molecule has 6 heteroatoms. The number of aliphatic hydroxyl groups excluding tert-OH is 2. The molecule has 1 saturated heterocycles. The van der Waals surface area contributed by atoms with Crippen LogP contribution < -0.4 is 0 Å². The van der Waals surface area contributed by atoms with Gasteiger partial charge in [0, 0.05) is 5.41 Å². The van der Waals surface area contributed by atoms with Gasteiger partial charge >= 0.3 is 0 Å². The Kier molecular flexibility index (Phi) is 8.63. The van der Waals surface area contributed by atoms with E-state index >= 15 is 0 Å². The van der Waals surface area contributed by atoms with Crippen LogP contribution in [0.4, 0.5) is 0 Å². The molecule has 2 aliphatic carbocycles. The topological polar surface area (TPSA) is 99.4 Å². The van der Waals surface area contributed by atoms with Gasteiger partial charge in [0.15, 0.2) is 0 Å². The van der Waals surface area contributed by atoms with Crippen molar-refractivity contribution in [2.75, 3.05) is 0 Å². The predicted octanol–water partition coefficient (Wildman–Crippen LogP) is 5.94. The van der Waals surface area contributed by atoms with E-state index in [1.165, 1.54) is 11.1 Å². The van der Waals surface area contributed by atoms with Gasteiger partial charge in [-0.3, -0.25) is 5.26 Å². The van der Waals surface area contributed by atoms with Gasteiger partial charge in [0.25, 0.3) is 0 Å². The van der Waals surface area contributed by atoms with Gasteiger partial charge in [-0.05, 0) is 111 Å². The first-order valence-corrected chi connectivity index (χ1v) is 13.9. The molecule has 4 N–H and O–H groups in total. The molecule has 36 heavy (non-hydrogen) atoms. The van der Waals surface area contributed by atoms with Crippen LogP contribution in [0.1, 0.15) is 113 Å². The minimum absolute atomic E-state index is 0.00284. The Morgan fingerprint density at radius 2 is 1.69 bits per heavy atom. The van der Waals surface area contributed by atoms with Crippen molar-refractivity contribution in [2.24, 2.45) is 16.7 Å². The fourth-order valence-corrected chi connectivity index (χ4v) is 7.45. The number of ether oxygens (including phenoxy) is 1. The Balaban J connectivity index is 1.88. The standard InChI is InChI=1S/C30H52O6/c1-20-10-13-24(32)28(6,17-9-16-26(2,3)36-34)21(20)11-12-22-29(7)18-14-23(31)27(4,5)35-25(29)15-19-30(22,8)33/h9,16,22-25,31-34H,10-15,17-19H2,1-8H3/b16-9-/t22-,23-,24+,25-,28-,29-,30+/m0/s1. The molecule has 0 amide bonds. The first-order chi connectivity index (χ1) is 16.5. The molecule has 0 aromatic heterocycles. The molecular weight excluding hydrogens is 456 g/mol. The third-order valence-corrected chi connectivity index (χ3v) is 10.1. The Bertz CT molecular complexity index is 842. The maximum absolute atomic E-state index is 11.6. The van der Waals surface area contributed by atoms with Crippen molar-refractivity contribution < 1.29 is 30.2 Å². The van der Waals surface area contributed by atoms with Crippen LogP contribution in [0.2, 0.25) is 0 Å². The molecule has 0 aromatic carbocycles. The third kappa shape index (κ3) is 5.79. The molecule has 3 rings (SSSR count). The van der Waals surface area contributed by atoms with Gasteiger partial charge in [0.1, 0.15) is 5.60 Å². The van der Waals surface area contributed by atoms with E-state index in [2.05, 4.69) is 25.7 Å². The summed E-state index contributed by atoms with van der Waals surface area (Å²) in [6.45, 7) is 16.1. The van der Waals surface area contributed by atoms with E-state index < -0.39 is 34.4 Å². The van der Waals surface area contributed by atoms with Crippen molar-refractivity contribution in [3.05, 3.63) is 23.3 Å². The van der Waals surface area contributed by atoms with Crippen molar-refractivity contribution in [2.45, 2.75) is 148 Å². The second-order valence-corrected chi connectivity index (χ2v) is 13.8. The van der Waals surface area contributed by atoms with Crippen LogP contribution in [-0.2, 0) is 9.62 Å². The lowest BCUT2D eigenvalue weighted by atomic mass is 9.55. The zero-order valence-corrected chi connectivity index (χ0v) is 23.9. The van der Waals surface area contributed by atoms with Crippen LogP contribution in [0, 0.1) is 16.7 Å². The highest BCUT2D eigenvalue weighted by Crippen LogP contribution is 2.56. The van der Waals surface area contributed by atoms with E-state index in [0.29, 0.717) is 19.3 Å². The summed E-state index contributed by atoms with van der Waals surface area (Å²) in [5.74, 6) is 0.0192. The second kappa shape index (κ2) is 10.4. The van der Waals surface area contributed by atoms with Crippen molar-refractivity contribution in [1.29, 1.82) is 0 Å². The van der Waals surface area contributed by atoms with Crippen LogP contribution >= 0.6 is 0 Å². The van der Waals surface area contributed by atoms with E-state index in [4.69, 9.17) is 9.99 Å². The van der Waals surface area contributed by atoms with Gasteiger partial charge in [-0.15, -0.1) is 0 Å². The van der Waals surface area contributed by atoms with Crippen molar-refractivity contribution in [3.63, 3.8) is 0 Å². The maximum Gasteiger partial charge on any atom is 0.116 e. The Morgan fingerprint density at radius 1 is 1.03 bits per heavy atom. The van der Waals surface area contributed by atoms with Crippen LogP contribution in [0.15, 0.2) is 23.3 Å². The van der Waals surface area contributed by atoms with Crippen LogP contribution in [-0.4, -0.2) is 55.7 Å². The summed E-state index contributed by atoms with van der Waals surface area (Å²) in [5.41, 5.74) is -0.226. The smallest absolute Gasteiger partial charge is 0.116 e. The first kappa shape index (κ1) is 29.8. The summed E-state index contributed by atoms with van der Waals surface area (Å²) >= 11 is 0. The number of hydrogen-bond acceptors (Lipinski definition) is 6. The molecule has 0 radical (unpaired) electrons. The van der Waals surface area contributed by atoms with Gasteiger partial charge in [-0.1, -0.05) is 37.1 Å². The minimum Gasteiger partial charge on any atom is -0.392 e. The highest BCUT2D eigenvalue weighted by atomic mass is 17.1. The number of hydrogen-bond donors (Lipinski definition) is 4. The second-order valence-electron chi connectivity index (χ2n) is 13.8. The molecule has 1 aliphatic heterocycles. The molecule has 0 unspecified atom stereocenters. The summed E-state index contributed by atoms with van der Waals surface area (Å²) < 4.78 is 6.55. The van der Waals surface area contributed by atoms with Gasteiger partial charge < -0.3 is 20.1 Å². The molecule has 3 aliphatic rings. The van der Waals surface area contributed by atoms with Gasteiger partial charge in [-0.2, -0.15) is 0 Å². The normalized spacial score (nSPS) is 41.9. The molecule has 1 saturated carbocycles. The van der Waals surface area contributed by atoms with Crippen LogP contribution in [0.5, 0.6) is 0 Å². The molecule has 1 heterocycles. The molecular formula is C30H52O6. The zero-order valence-electron chi connectivity index (χ0n) is 23.9. The van der Waals surface area contributed by atoms with Crippen molar-refractivity contribution >= 4 is 0 Å². The number of allylic oxidation sites excluding steroid dienone is 2. The Morgan fingerprint density at radius 3 is 2.33 bits per heavy atom. The van der Waals surface area contributed by atoms with Gasteiger partial charge in [0.2, 0.25) is 0 Å². The monoisotopic (exact) mass is 508 g/mol. The summed E-state index contributed by atoms with van der Waals surface area (Å²) in [7, 11) is 0. The van der Waals surface area contributed by atoms with Gasteiger partial charge in [0.05, 0.1) is 29.5 Å². The zero-order chi connectivity index (χ0) is 27.2. The van der Waals surface area contributed by atoms with E-state index in [1.54, 1.807) is 13.8 Å². The van der Waals surface area contributed by atoms with Gasteiger partial charge in [-0.25, -0.2) is 4.89 Å². The van der Waals surface area contributed by atoms with Crippen LogP contribution in [0.25, 0.3) is 0 Å². The Labute approximate surface area is 218 Å². The fourth-order valence-electron chi connectivity index (χ4n) is 7.45. The van der Waals surface area contributed by atoms with Crippen LogP contribution in [0.3, 0.4) is 0 Å². The molecule has 2 fully saturated rings. The lowest BCUT2D eigenvalue weighted by Gasteiger charge is -2.54. The predicted molar refractivity (Wildman–Crippen MR) is 142 cm³/mol. The first-order valence-electron chi connectivity index (χ1n) is 13.9. The summed E-state index contributed by atoms with van der Waals surface area (Å²) in [6.07, 6.45) is 9.72. The summed E-state index contributed by atoms with van der Waals surface area (Å²) in [5, 5.41) is 42.7. The molecule has 208 valence electrons. The molecule has 0 aromatic rings. The van der Waals surface area contributed by atoms with Crippen molar-refractivity contribution in [1.82, 2.24) is 0 Å². The average molecular weight is 509 g/mol. The fraction of sp³-hybridized carbons (Fsp3) is 0.867. The number of aliphatic hydroxyl groups is 3.